The zero-order valence-electron chi connectivity index (χ0n) is 13.0. The Morgan fingerprint density at radius 3 is 2.62 bits per heavy atom. The second-order valence-corrected chi connectivity index (χ2v) is 7.35. The molecule has 0 aromatic carbocycles. The zero-order chi connectivity index (χ0) is 14.9. The van der Waals surface area contributed by atoms with Crippen LogP contribution >= 0.6 is 11.3 Å². The molecule has 0 radical (unpaired) electrons. The highest BCUT2D eigenvalue weighted by Crippen LogP contribution is 2.51. The van der Waals surface area contributed by atoms with E-state index in [1.54, 1.807) is 11.3 Å². The van der Waals surface area contributed by atoms with E-state index >= 15 is 0 Å². The molecular weight excluding hydrogens is 282 g/mol. The minimum atomic E-state index is 0.438. The second-order valence-electron chi connectivity index (χ2n) is 6.48. The van der Waals surface area contributed by atoms with Gasteiger partial charge in [-0.15, -0.1) is 11.3 Å². The molecule has 1 saturated heterocycles. The highest BCUT2D eigenvalue weighted by Gasteiger charge is 2.45. The smallest absolute Gasteiger partial charge is 0.191 e. The van der Waals surface area contributed by atoms with Crippen molar-refractivity contribution >= 4 is 22.4 Å². The predicted molar refractivity (Wildman–Crippen MR) is 88.9 cm³/mol. The lowest BCUT2D eigenvalue weighted by molar-refractivity contribution is 0.357. The van der Waals surface area contributed by atoms with Crippen molar-refractivity contribution < 1.29 is 0 Å². The number of nitrogens with two attached hydrogens (primary N) is 1. The molecule has 6 heteroatoms. The molecule has 3 rings (SSSR count). The van der Waals surface area contributed by atoms with Crippen molar-refractivity contribution in [1.82, 2.24) is 9.88 Å². The third-order valence-corrected chi connectivity index (χ3v) is 5.80. The van der Waals surface area contributed by atoms with Crippen LogP contribution in [0.4, 0.5) is 5.13 Å². The number of aliphatic imine (C=N–C) groups is 1. The summed E-state index contributed by atoms with van der Waals surface area (Å²) in [6.07, 6.45) is 4.47. The number of nitrogens with zero attached hydrogens (tertiary/aromatic N) is 4. The van der Waals surface area contributed by atoms with Crippen molar-refractivity contribution in [1.29, 1.82) is 0 Å². The largest absolute Gasteiger partial charge is 0.370 e. The van der Waals surface area contributed by atoms with Crippen molar-refractivity contribution in [3.05, 3.63) is 11.6 Å². The average Bonchev–Trinajstić information content (AvgIpc) is 3.10. The Hall–Kier alpha value is -1.30. The summed E-state index contributed by atoms with van der Waals surface area (Å²) in [5.41, 5.74) is 6.63. The molecule has 116 valence electrons. The molecule has 0 bridgehead atoms. The third-order valence-electron chi connectivity index (χ3n) is 4.97. The van der Waals surface area contributed by atoms with Gasteiger partial charge >= 0.3 is 0 Å². The van der Waals surface area contributed by atoms with Gasteiger partial charge in [-0.3, -0.25) is 4.99 Å². The lowest BCUT2D eigenvalue weighted by atomic mass is 9.93. The van der Waals surface area contributed by atoms with E-state index in [1.807, 2.05) is 11.6 Å². The zero-order valence-corrected chi connectivity index (χ0v) is 13.8. The van der Waals surface area contributed by atoms with E-state index < -0.39 is 0 Å². The molecule has 1 saturated carbocycles. The first-order valence-corrected chi connectivity index (χ1v) is 8.68. The second kappa shape index (κ2) is 5.83. The van der Waals surface area contributed by atoms with Crippen molar-refractivity contribution in [3.63, 3.8) is 0 Å². The molecule has 0 atom stereocenters. The van der Waals surface area contributed by atoms with Crippen LogP contribution in [0.2, 0.25) is 0 Å². The van der Waals surface area contributed by atoms with E-state index in [2.05, 4.69) is 33.6 Å². The number of aromatic nitrogens is 1. The predicted octanol–water partition coefficient (Wildman–Crippen LogP) is 2.02. The Kier molecular flexibility index (Phi) is 4.06. The van der Waals surface area contributed by atoms with Gasteiger partial charge in [0.25, 0.3) is 0 Å². The number of thiazole rings is 1. The molecule has 0 spiro atoms. The number of rotatable bonds is 4. The highest BCUT2D eigenvalue weighted by atomic mass is 32.1. The lowest BCUT2D eigenvalue weighted by Gasteiger charge is -2.35. The highest BCUT2D eigenvalue weighted by molar-refractivity contribution is 7.13. The summed E-state index contributed by atoms with van der Waals surface area (Å²) in [4.78, 5) is 13.6. The Morgan fingerprint density at radius 2 is 2.10 bits per heavy atom. The molecule has 1 aliphatic carbocycles. The fraction of sp³-hybridized carbons (Fsp3) is 0.733. The van der Waals surface area contributed by atoms with E-state index in [-0.39, 0.29) is 0 Å². The standard InChI is InChI=1S/C15H25N5S/c1-12(2)15(3-4-15)11-18-13(16)19-6-8-20(9-7-19)14-17-5-10-21-14/h5,10,12H,3-4,6-9,11H2,1-2H3,(H2,16,18). The Bertz CT molecular complexity index is 484. The van der Waals surface area contributed by atoms with Crippen LogP contribution in [0.25, 0.3) is 0 Å². The quantitative estimate of drug-likeness (QED) is 0.683. The van der Waals surface area contributed by atoms with E-state index in [1.165, 1.54) is 12.8 Å². The van der Waals surface area contributed by atoms with Crippen molar-refractivity contribution in [2.45, 2.75) is 26.7 Å². The summed E-state index contributed by atoms with van der Waals surface area (Å²) < 4.78 is 0. The van der Waals surface area contributed by atoms with Crippen LogP contribution in [0, 0.1) is 11.3 Å². The van der Waals surface area contributed by atoms with Gasteiger partial charge < -0.3 is 15.5 Å². The summed E-state index contributed by atoms with van der Waals surface area (Å²) in [6, 6.07) is 0. The number of guanidine groups is 1. The Labute approximate surface area is 130 Å². The number of piperazine rings is 1. The SMILES string of the molecule is CC(C)C1(CN=C(N)N2CCN(c3nccs3)CC2)CC1. The van der Waals surface area contributed by atoms with E-state index in [9.17, 15) is 0 Å². The maximum absolute atomic E-state index is 6.19. The van der Waals surface area contributed by atoms with Crippen LogP contribution < -0.4 is 10.6 Å². The molecule has 0 unspecified atom stereocenters. The summed E-state index contributed by atoms with van der Waals surface area (Å²) in [5.74, 6) is 1.43. The maximum Gasteiger partial charge on any atom is 0.191 e. The Morgan fingerprint density at radius 1 is 1.38 bits per heavy atom. The maximum atomic E-state index is 6.19. The number of hydrogen-bond acceptors (Lipinski definition) is 4. The average molecular weight is 307 g/mol. The van der Waals surface area contributed by atoms with Gasteiger partial charge in [0.2, 0.25) is 0 Å². The number of hydrogen-bond donors (Lipinski definition) is 1. The van der Waals surface area contributed by atoms with E-state index in [4.69, 9.17) is 5.73 Å². The van der Waals surface area contributed by atoms with E-state index in [0.717, 1.165) is 43.8 Å². The normalized spacial score (nSPS) is 22.0. The molecule has 1 aromatic rings. The van der Waals surface area contributed by atoms with Crippen LogP contribution in [-0.4, -0.2) is 48.6 Å². The monoisotopic (exact) mass is 307 g/mol. The molecule has 1 aromatic heterocycles. The van der Waals surface area contributed by atoms with Crippen LogP contribution in [0.15, 0.2) is 16.6 Å². The molecule has 1 aliphatic heterocycles. The molecule has 5 nitrogen and oxygen atoms in total. The third kappa shape index (κ3) is 3.15. The fourth-order valence-corrected chi connectivity index (χ4v) is 3.61. The van der Waals surface area contributed by atoms with Gasteiger partial charge in [-0.05, 0) is 24.2 Å². The van der Waals surface area contributed by atoms with Crippen LogP contribution in [0.5, 0.6) is 0 Å². The fourth-order valence-electron chi connectivity index (χ4n) is 2.92. The molecule has 2 aliphatic rings. The first-order valence-electron chi connectivity index (χ1n) is 7.80. The van der Waals surface area contributed by atoms with Gasteiger partial charge in [0.05, 0.1) is 0 Å². The van der Waals surface area contributed by atoms with Crippen LogP contribution in [0.3, 0.4) is 0 Å². The van der Waals surface area contributed by atoms with Gasteiger partial charge in [-0.2, -0.15) is 0 Å². The summed E-state index contributed by atoms with van der Waals surface area (Å²) in [5, 5.41) is 3.14. The Balaban J connectivity index is 1.52. The lowest BCUT2D eigenvalue weighted by Crippen LogP contribution is -2.51. The summed E-state index contributed by atoms with van der Waals surface area (Å²) in [7, 11) is 0. The van der Waals surface area contributed by atoms with Gasteiger partial charge in [0.1, 0.15) is 0 Å². The topological polar surface area (TPSA) is 57.8 Å². The first-order chi connectivity index (χ1) is 10.1. The summed E-state index contributed by atoms with van der Waals surface area (Å²) in [6.45, 7) is 9.30. The van der Waals surface area contributed by atoms with Gasteiger partial charge in [0.15, 0.2) is 11.1 Å². The van der Waals surface area contributed by atoms with Gasteiger partial charge in [-0.25, -0.2) is 4.98 Å². The minimum absolute atomic E-state index is 0.438. The minimum Gasteiger partial charge on any atom is -0.370 e. The molecule has 21 heavy (non-hydrogen) atoms. The number of anilines is 1. The molecule has 2 heterocycles. The summed E-state index contributed by atoms with van der Waals surface area (Å²) >= 11 is 1.70. The molecular formula is C15H25N5S. The first kappa shape index (κ1) is 14.6. The molecule has 0 amide bonds. The van der Waals surface area contributed by atoms with Crippen LogP contribution in [0.1, 0.15) is 26.7 Å². The van der Waals surface area contributed by atoms with Gasteiger partial charge in [0, 0.05) is 44.3 Å². The van der Waals surface area contributed by atoms with Crippen molar-refractivity contribution in [2.75, 3.05) is 37.6 Å². The van der Waals surface area contributed by atoms with E-state index in [0.29, 0.717) is 11.3 Å². The van der Waals surface area contributed by atoms with Crippen LogP contribution in [-0.2, 0) is 0 Å². The molecule has 2 N–H and O–H groups in total. The van der Waals surface area contributed by atoms with Crippen molar-refractivity contribution in [3.8, 4) is 0 Å². The van der Waals surface area contributed by atoms with Crippen molar-refractivity contribution in [2.24, 2.45) is 22.1 Å². The molecule has 2 fully saturated rings. The van der Waals surface area contributed by atoms with Gasteiger partial charge in [-0.1, -0.05) is 13.8 Å².